The zero-order valence-electron chi connectivity index (χ0n) is 16.1. The number of nitro benzene ring substituents is 1. The van der Waals surface area contributed by atoms with Crippen molar-refractivity contribution in [2.24, 2.45) is 0 Å². The molecule has 1 aliphatic rings. The van der Waals surface area contributed by atoms with Crippen molar-refractivity contribution in [3.05, 3.63) is 69.0 Å². The van der Waals surface area contributed by atoms with Gasteiger partial charge in [-0.2, -0.15) is 5.26 Å². The van der Waals surface area contributed by atoms with Crippen LogP contribution in [0.1, 0.15) is 46.1 Å². The molecule has 0 saturated heterocycles. The fourth-order valence-corrected chi connectivity index (χ4v) is 3.26. The first kappa shape index (κ1) is 19.3. The zero-order valence-corrected chi connectivity index (χ0v) is 16.1. The van der Waals surface area contributed by atoms with E-state index in [4.69, 9.17) is 4.74 Å². The minimum absolute atomic E-state index is 0.0935. The molecule has 0 unspecified atom stereocenters. The molecule has 2 heterocycles. The molecule has 0 radical (unpaired) electrons. The molecule has 2 aromatic heterocycles. The molecule has 1 fully saturated rings. The number of nitriles is 1. The number of anilines is 1. The summed E-state index contributed by atoms with van der Waals surface area (Å²) in [7, 11) is 1.35. The highest BCUT2D eigenvalue weighted by molar-refractivity contribution is 5.91. The topological polar surface area (TPSA) is 131 Å². The number of nitro groups is 1. The molecule has 0 amide bonds. The van der Waals surface area contributed by atoms with Crippen LogP contribution in [0.15, 0.2) is 36.4 Å². The van der Waals surface area contributed by atoms with Crippen molar-refractivity contribution in [1.29, 1.82) is 5.26 Å². The fraction of sp³-hybridized carbons (Fsp3) is 0.238. The second kappa shape index (κ2) is 7.75. The van der Waals surface area contributed by atoms with Gasteiger partial charge in [-0.15, -0.1) is 0 Å². The maximum absolute atomic E-state index is 12.0. The number of carbonyl (C=O) groups excluding carboxylic acids is 1. The number of hydrogen-bond acceptors (Lipinski definition) is 8. The molecular weight excluding hydrogens is 386 g/mol. The molecular formula is C21H17N5O4. The Morgan fingerprint density at radius 2 is 2.10 bits per heavy atom. The maximum atomic E-state index is 12.0. The average Bonchev–Trinajstić information content (AvgIpc) is 3.61. The summed E-state index contributed by atoms with van der Waals surface area (Å²) in [6, 6.07) is 11.3. The second-order valence-corrected chi connectivity index (χ2v) is 6.98. The lowest BCUT2D eigenvalue weighted by Crippen LogP contribution is -2.10. The monoisotopic (exact) mass is 403 g/mol. The average molecular weight is 403 g/mol. The number of nitrogens with zero attached hydrogens (tertiary/aromatic N) is 4. The number of benzene rings is 1. The van der Waals surface area contributed by atoms with E-state index in [0.717, 1.165) is 24.2 Å². The molecule has 1 aromatic carbocycles. The largest absolute Gasteiger partial charge is 0.465 e. The number of ether oxygens (including phenoxy) is 1. The Morgan fingerprint density at radius 3 is 2.77 bits per heavy atom. The van der Waals surface area contributed by atoms with Gasteiger partial charge in [0, 0.05) is 23.4 Å². The quantitative estimate of drug-likeness (QED) is 0.374. The van der Waals surface area contributed by atoms with Crippen LogP contribution >= 0.6 is 0 Å². The van der Waals surface area contributed by atoms with Gasteiger partial charge in [-0.1, -0.05) is 0 Å². The summed E-state index contributed by atoms with van der Waals surface area (Å²) in [6.07, 6.45) is 2.00. The lowest BCUT2D eigenvalue weighted by molar-refractivity contribution is -0.384. The normalized spacial score (nSPS) is 12.9. The number of fused-ring (bicyclic) bond motifs is 1. The highest BCUT2D eigenvalue weighted by Crippen LogP contribution is 2.40. The highest BCUT2D eigenvalue weighted by Gasteiger charge is 2.30. The summed E-state index contributed by atoms with van der Waals surface area (Å²) < 4.78 is 4.84. The predicted molar refractivity (Wildman–Crippen MR) is 108 cm³/mol. The number of carbonyl (C=O) groups is 1. The van der Waals surface area contributed by atoms with Crippen LogP contribution in [0.4, 0.5) is 11.5 Å². The number of aromatic nitrogens is 2. The first-order valence-electron chi connectivity index (χ1n) is 9.31. The molecule has 0 spiro atoms. The van der Waals surface area contributed by atoms with Crippen molar-refractivity contribution in [3.63, 3.8) is 0 Å². The minimum Gasteiger partial charge on any atom is -0.465 e. The van der Waals surface area contributed by atoms with Gasteiger partial charge in [0.1, 0.15) is 5.82 Å². The number of non-ortho nitro benzene ring substituents is 1. The molecule has 9 nitrogen and oxygen atoms in total. The third-order valence-electron chi connectivity index (χ3n) is 4.93. The first-order valence-corrected chi connectivity index (χ1v) is 9.31. The van der Waals surface area contributed by atoms with E-state index in [0.29, 0.717) is 34.4 Å². The van der Waals surface area contributed by atoms with Crippen molar-refractivity contribution in [2.75, 3.05) is 12.4 Å². The molecule has 3 aromatic rings. The summed E-state index contributed by atoms with van der Waals surface area (Å²) in [5, 5.41) is 24.0. The van der Waals surface area contributed by atoms with Crippen molar-refractivity contribution in [3.8, 4) is 6.07 Å². The molecule has 0 aliphatic heterocycles. The smallest absolute Gasteiger partial charge is 0.339 e. The minimum atomic E-state index is -0.506. The molecule has 1 saturated carbocycles. The van der Waals surface area contributed by atoms with Crippen LogP contribution in [-0.2, 0) is 11.3 Å². The maximum Gasteiger partial charge on any atom is 0.339 e. The van der Waals surface area contributed by atoms with Gasteiger partial charge in [0.2, 0.25) is 0 Å². The highest BCUT2D eigenvalue weighted by atomic mass is 16.6. The van der Waals surface area contributed by atoms with E-state index in [1.165, 1.54) is 25.3 Å². The Morgan fingerprint density at radius 1 is 1.30 bits per heavy atom. The third kappa shape index (κ3) is 3.75. The number of methoxy groups -OCH3 is 1. The summed E-state index contributed by atoms with van der Waals surface area (Å²) >= 11 is 0. The Labute approximate surface area is 171 Å². The second-order valence-electron chi connectivity index (χ2n) is 6.98. The van der Waals surface area contributed by atoms with Gasteiger partial charge < -0.3 is 10.1 Å². The zero-order chi connectivity index (χ0) is 21.3. The number of esters is 1. The fourth-order valence-electron chi connectivity index (χ4n) is 3.26. The van der Waals surface area contributed by atoms with Crippen LogP contribution in [0.3, 0.4) is 0 Å². The predicted octanol–water partition coefficient (Wildman–Crippen LogP) is 3.69. The number of pyridine rings is 2. The Bertz CT molecular complexity index is 1210. The van der Waals surface area contributed by atoms with Gasteiger partial charge in [0.05, 0.1) is 52.7 Å². The van der Waals surface area contributed by atoms with Crippen LogP contribution in [0.25, 0.3) is 10.9 Å². The van der Waals surface area contributed by atoms with Crippen LogP contribution in [-0.4, -0.2) is 28.0 Å². The molecule has 4 rings (SSSR count). The van der Waals surface area contributed by atoms with E-state index in [9.17, 15) is 20.2 Å². The number of rotatable bonds is 6. The van der Waals surface area contributed by atoms with Gasteiger partial charge in [-0.3, -0.25) is 15.1 Å². The van der Waals surface area contributed by atoms with Gasteiger partial charge in [0.15, 0.2) is 0 Å². The first-order chi connectivity index (χ1) is 14.5. The molecule has 150 valence electrons. The van der Waals surface area contributed by atoms with Gasteiger partial charge in [-0.05, 0) is 37.1 Å². The van der Waals surface area contributed by atoms with Crippen LogP contribution < -0.4 is 5.32 Å². The summed E-state index contributed by atoms with van der Waals surface area (Å²) in [5.74, 6) is 0.339. The van der Waals surface area contributed by atoms with Crippen LogP contribution in [0.2, 0.25) is 0 Å². The van der Waals surface area contributed by atoms with Crippen molar-refractivity contribution in [2.45, 2.75) is 25.3 Å². The standard InChI is InChI=1S/C21H17N5O4/c1-30-21(27)16-6-4-14(24-20(16)12-2-3-12)11-23-19-8-13(10-22)17-9-15(26(28)29)5-7-18(17)25-19/h4-9,12H,2-3,11H2,1H3,(H,23,25). The van der Waals surface area contributed by atoms with Crippen LogP contribution in [0.5, 0.6) is 0 Å². The SMILES string of the molecule is COC(=O)c1ccc(CNc2cc(C#N)c3cc([N+](=O)[O-])ccc3n2)nc1C1CC1. The van der Waals surface area contributed by atoms with E-state index in [-0.39, 0.29) is 11.6 Å². The summed E-state index contributed by atoms with van der Waals surface area (Å²) in [6.45, 7) is 0.345. The Hall–Kier alpha value is -4.06. The Kier molecular flexibility index (Phi) is 4.98. The van der Waals surface area contributed by atoms with Gasteiger partial charge in [0.25, 0.3) is 5.69 Å². The van der Waals surface area contributed by atoms with E-state index in [1.807, 2.05) is 0 Å². The van der Waals surface area contributed by atoms with E-state index < -0.39 is 10.9 Å². The lowest BCUT2D eigenvalue weighted by atomic mass is 10.1. The molecule has 1 N–H and O–H groups in total. The molecule has 30 heavy (non-hydrogen) atoms. The van der Waals surface area contributed by atoms with Crippen LogP contribution in [0, 0.1) is 21.4 Å². The lowest BCUT2D eigenvalue weighted by Gasteiger charge is -2.11. The van der Waals surface area contributed by atoms with E-state index in [1.54, 1.807) is 18.2 Å². The summed E-state index contributed by atoms with van der Waals surface area (Å²) in [5.41, 5.74) is 2.64. The van der Waals surface area contributed by atoms with E-state index >= 15 is 0 Å². The molecule has 0 atom stereocenters. The Balaban J connectivity index is 1.60. The number of nitrogens with one attached hydrogen (secondary N) is 1. The molecule has 0 bridgehead atoms. The van der Waals surface area contributed by atoms with Crippen molar-refractivity contribution >= 4 is 28.4 Å². The van der Waals surface area contributed by atoms with Crippen molar-refractivity contribution in [1.82, 2.24) is 9.97 Å². The van der Waals surface area contributed by atoms with Gasteiger partial charge in [-0.25, -0.2) is 9.78 Å². The number of hydrogen-bond donors (Lipinski definition) is 1. The van der Waals surface area contributed by atoms with Crippen molar-refractivity contribution < 1.29 is 14.5 Å². The molecule has 1 aliphatic carbocycles. The third-order valence-corrected chi connectivity index (χ3v) is 4.93. The molecule has 9 heteroatoms. The summed E-state index contributed by atoms with van der Waals surface area (Å²) in [4.78, 5) is 31.5. The van der Waals surface area contributed by atoms with Gasteiger partial charge >= 0.3 is 5.97 Å². The van der Waals surface area contributed by atoms with E-state index in [2.05, 4.69) is 21.4 Å².